The van der Waals surface area contributed by atoms with Crippen LogP contribution in [0.1, 0.15) is 55.5 Å². The van der Waals surface area contributed by atoms with Crippen LogP contribution >= 0.6 is 0 Å². The van der Waals surface area contributed by atoms with E-state index >= 15 is 0 Å². The molecule has 21 heavy (non-hydrogen) atoms. The van der Waals surface area contributed by atoms with Gasteiger partial charge in [0.2, 0.25) is 0 Å². The van der Waals surface area contributed by atoms with E-state index in [1.54, 1.807) is 19.1 Å². The normalized spacial score (nSPS) is 11.2. The van der Waals surface area contributed by atoms with E-state index in [4.69, 9.17) is 9.84 Å². The largest absolute Gasteiger partial charge is 0.478 e. The molecule has 0 aliphatic heterocycles. The fourth-order valence-electron chi connectivity index (χ4n) is 1.80. The summed E-state index contributed by atoms with van der Waals surface area (Å²) in [5, 5.41) is 8.79. The third-order valence-electron chi connectivity index (χ3n) is 3.15. The predicted octanol–water partition coefficient (Wildman–Crippen LogP) is 3.95. The second-order valence-electron chi connectivity index (χ2n) is 4.96. The minimum Gasteiger partial charge on any atom is -0.478 e. The van der Waals surface area contributed by atoms with E-state index in [-0.39, 0.29) is 18.1 Å². The molecule has 0 saturated heterocycles. The minimum atomic E-state index is -0.968. The molecule has 114 valence electrons. The van der Waals surface area contributed by atoms with Crippen LogP contribution in [0.5, 0.6) is 0 Å². The smallest absolute Gasteiger partial charge is 0.335 e. The van der Waals surface area contributed by atoms with Gasteiger partial charge in [0.05, 0.1) is 5.56 Å². The van der Waals surface area contributed by atoms with Crippen LogP contribution in [-0.4, -0.2) is 17.0 Å². The topological polar surface area (TPSA) is 63.6 Å². The standard InChI is InChI=1S/C17H22O4/c1-3-4-5-6-7-13(2)17(20)21-12-14-8-10-15(11-9-14)16(18)19/h7-11H,3-6,12H2,1-2H3,(H,18,19). The van der Waals surface area contributed by atoms with Crippen LogP contribution < -0.4 is 0 Å². The number of hydrogen-bond donors (Lipinski definition) is 1. The fourth-order valence-corrected chi connectivity index (χ4v) is 1.80. The summed E-state index contributed by atoms with van der Waals surface area (Å²) in [6, 6.07) is 6.30. The Kier molecular flexibility index (Phi) is 7.23. The Morgan fingerprint density at radius 3 is 2.43 bits per heavy atom. The van der Waals surface area contributed by atoms with E-state index in [0.717, 1.165) is 31.2 Å². The van der Waals surface area contributed by atoms with Crippen molar-refractivity contribution < 1.29 is 19.4 Å². The van der Waals surface area contributed by atoms with Gasteiger partial charge in [-0.3, -0.25) is 0 Å². The summed E-state index contributed by atoms with van der Waals surface area (Å²) in [6.07, 6.45) is 6.20. The molecule has 0 amide bonds. The molecule has 0 bridgehead atoms. The number of hydrogen-bond acceptors (Lipinski definition) is 3. The number of ether oxygens (including phenoxy) is 1. The summed E-state index contributed by atoms with van der Waals surface area (Å²) in [7, 11) is 0. The molecular formula is C17H22O4. The Hall–Kier alpha value is -2.10. The highest BCUT2D eigenvalue weighted by atomic mass is 16.5. The summed E-state index contributed by atoms with van der Waals surface area (Å²) in [5.74, 6) is -1.29. The first kappa shape index (κ1) is 17.0. The highest BCUT2D eigenvalue weighted by molar-refractivity contribution is 5.88. The molecule has 1 N–H and O–H groups in total. The van der Waals surface area contributed by atoms with Crippen LogP contribution in [0.2, 0.25) is 0 Å². The van der Waals surface area contributed by atoms with Gasteiger partial charge in [-0.2, -0.15) is 0 Å². The van der Waals surface area contributed by atoms with Crippen LogP contribution in [0.3, 0.4) is 0 Å². The quantitative estimate of drug-likeness (QED) is 0.447. The zero-order valence-corrected chi connectivity index (χ0v) is 12.6. The molecule has 0 heterocycles. The summed E-state index contributed by atoms with van der Waals surface area (Å²) in [6.45, 7) is 4.04. The lowest BCUT2D eigenvalue weighted by atomic mass is 10.1. The summed E-state index contributed by atoms with van der Waals surface area (Å²) in [4.78, 5) is 22.5. The second kappa shape index (κ2) is 8.95. The SMILES string of the molecule is CCCCCC=C(C)C(=O)OCc1ccc(C(=O)O)cc1. The van der Waals surface area contributed by atoms with Crippen molar-refractivity contribution in [2.45, 2.75) is 46.1 Å². The zero-order valence-electron chi connectivity index (χ0n) is 12.6. The van der Waals surface area contributed by atoms with E-state index < -0.39 is 5.97 Å². The Morgan fingerprint density at radius 1 is 1.19 bits per heavy atom. The molecular weight excluding hydrogens is 268 g/mol. The molecule has 0 aromatic heterocycles. The van der Waals surface area contributed by atoms with Crippen molar-refractivity contribution in [2.75, 3.05) is 0 Å². The minimum absolute atomic E-state index is 0.152. The van der Waals surface area contributed by atoms with E-state index in [1.807, 2.05) is 6.08 Å². The molecule has 0 saturated carbocycles. The van der Waals surface area contributed by atoms with Crippen LogP contribution in [0.4, 0.5) is 0 Å². The first-order chi connectivity index (χ1) is 10.0. The van der Waals surface area contributed by atoms with Crippen LogP contribution in [0.15, 0.2) is 35.9 Å². The molecule has 0 aliphatic carbocycles. The number of rotatable bonds is 8. The van der Waals surface area contributed by atoms with Crippen molar-refractivity contribution in [1.82, 2.24) is 0 Å². The molecule has 4 heteroatoms. The monoisotopic (exact) mass is 290 g/mol. The van der Waals surface area contributed by atoms with E-state index in [2.05, 4.69) is 6.92 Å². The first-order valence-corrected chi connectivity index (χ1v) is 7.20. The zero-order chi connectivity index (χ0) is 15.7. The van der Waals surface area contributed by atoms with Gasteiger partial charge in [0.15, 0.2) is 0 Å². The van der Waals surface area contributed by atoms with Gasteiger partial charge in [0.1, 0.15) is 6.61 Å². The number of unbranched alkanes of at least 4 members (excludes halogenated alkanes) is 3. The van der Waals surface area contributed by atoms with Gasteiger partial charge < -0.3 is 9.84 Å². The van der Waals surface area contributed by atoms with Crippen LogP contribution in [0.25, 0.3) is 0 Å². The number of allylic oxidation sites excluding steroid dienone is 1. The predicted molar refractivity (Wildman–Crippen MR) is 81.1 cm³/mol. The molecule has 0 atom stereocenters. The average Bonchev–Trinajstić information content (AvgIpc) is 2.49. The third kappa shape index (κ3) is 6.25. The lowest BCUT2D eigenvalue weighted by Crippen LogP contribution is -2.06. The van der Waals surface area contributed by atoms with Gasteiger partial charge in [-0.05, 0) is 37.5 Å². The lowest BCUT2D eigenvalue weighted by Gasteiger charge is -2.05. The molecule has 4 nitrogen and oxygen atoms in total. The van der Waals surface area contributed by atoms with Crippen molar-refractivity contribution in [3.05, 3.63) is 47.0 Å². The summed E-state index contributed by atoms with van der Waals surface area (Å²) in [5.41, 5.74) is 1.61. The lowest BCUT2D eigenvalue weighted by molar-refractivity contribution is -0.140. The molecule has 0 unspecified atom stereocenters. The van der Waals surface area contributed by atoms with E-state index in [1.165, 1.54) is 12.1 Å². The van der Waals surface area contributed by atoms with E-state index in [9.17, 15) is 9.59 Å². The van der Waals surface area contributed by atoms with E-state index in [0.29, 0.717) is 5.57 Å². The Labute approximate surface area is 125 Å². The summed E-state index contributed by atoms with van der Waals surface area (Å²) >= 11 is 0. The van der Waals surface area contributed by atoms with Gasteiger partial charge in [0.25, 0.3) is 0 Å². The van der Waals surface area contributed by atoms with Gasteiger partial charge in [-0.25, -0.2) is 9.59 Å². The van der Waals surface area contributed by atoms with Crippen molar-refractivity contribution in [3.63, 3.8) is 0 Å². The number of carboxylic acids is 1. The molecule has 1 rings (SSSR count). The van der Waals surface area contributed by atoms with Crippen molar-refractivity contribution in [2.24, 2.45) is 0 Å². The molecule has 0 fully saturated rings. The molecule has 0 spiro atoms. The summed E-state index contributed by atoms with van der Waals surface area (Å²) < 4.78 is 5.19. The first-order valence-electron chi connectivity index (χ1n) is 7.20. The second-order valence-corrected chi connectivity index (χ2v) is 4.96. The molecule has 1 aromatic rings. The van der Waals surface area contributed by atoms with Gasteiger partial charge in [-0.1, -0.05) is 38.0 Å². The number of carbonyl (C=O) groups excluding carboxylic acids is 1. The Morgan fingerprint density at radius 2 is 1.86 bits per heavy atom. The number of benzene rings is 1. The van der Waals surface area contributed by atoms with Crippen LogP contribution in [0, 0.1) is 0 Å². The number of esters is 1. The molecule has 0 aliphatic rings. The van der Waals surface area contributed by atoms with Gasteiger partial charge in [-0.15, -0.1) is 0 Å². The maximum Gasteiger partial charge on any atom is 0.335 e. The van der Waals surface area contributed by atoms with Crippen LogP contribution in [-0.2, 0) is 16.1 Å². The highest BCUT2D eigenvalue weighted by Gasteiger charge is 2.07. The van der Waals surface area contributed by atoms with Gasteiger partial charge in [0, 0.05) is 5.57 Å². The molecule has 0 radical (unpaired) electrons. The number of aromatic carboxylic acids is 1. The fraction of sp³-hybridized carbons (Fsp3) is 0.412. The number of carbonyl (C=O) groups is 2. The average molecular weight is 290 g/mol. The Bertz CT molecular complexity index is 500. The van der Waals surface area contributed by atoms with Crippen molar-refractivity contribution in [1.29, 1.82) is 0 Å². The molecule has 1 aromatic carbocycles. The highest BCUT2D eigenvalue weighted by Crippen LogP contribution is 2.09. The number of carboxylic acid groups (broad SMARTS) is 1. The van der Waals surface area contributed by atoms with Gasteiger partial charge >= 0.3 is 11.9 Å². The van der Waals surface area contributed by atoms with Crippen molar-refractivity contribution >= 4 is 11.9 Å². The maximum atomic E-state index is 11.8. The maximum absolute atomic E-state index is 11.8. The van der Waals surface area contributed by atoms with Crippen molar-refractivity contribution in [3.8, 4) is 0 Å². The Balaban J connectivity index is 2.43. The third-order valence-corrected chi connectivity index (χ3v) is 3.15.